The minimum atomic E-state index is -0.858. The van der Waals surface area contributed by atoms with E-state index < -0.39 is 5.97 Å². The van der Waals surface area contributed by atoms with Crippen LogP contribution in [0.15, 0.2) is 6.33 Å². The summed E-state index contributed by atoms with van der Waals surface area (Å²) in [5.74, 6) is 2.17. The van der Waals surface area contributed by atoms with Crippen molar-refractivity contribution in [3.8, 4) is 0 Å². The lowest BCUT2D eigenvalue weighted by Gasteiger charge is -2.56. The Bertz CT molecular complexity index is 487. The standard InChI is InChI=1S/C14H19N3O2/c18-13(19)4-12-15-8-17(16-12)14-5-9-1-10(6-14)3-11(2-9)7-14/h8-11H,1-7H2,(H,18,19). The Kier molecular flexibility index (Phi) is 2.29. The normalized spacial score (nSPS) is 39.7. The van der Waals surface area contributed by atoms with Crippen LogP contribution in [0.3, 0.4) is 0 Å². The van der Waals surface area contributed by atoms with E-state index in [0.29, 0.717) is 5.82 Å². The van der Waals surface area contributed by atoms with E-state index in [1.165, 1.54) is 38.5 Å². The van der Waals surface area contributed by atoms with Crippen molar-refractivity contribution in [3.05, 3.63) is 12.2 Å². The van der Waals surface area contributed by atoms with E-state index in [2.05, 4.69) is 10.1 Å². The average molecular weight is 261 g/mol. The van der Waals surface area contributed by atoms with Crippen molar-refractivity contribution in [1.82, 2.24) is 14.8 Å². The molecule has 0 aliphatic heterocycles. The van der Waals surface area contributed by atoms with Crippen molar-refractivity contribution in [2.24, 2.45) is 17.8 Å². The van der Waals surface area contributed by atoms with Gasteiger partial charge in [0, 0.05) is 0 Å². The molecule has 0 amide bonds. The number of rotatable bonds is 3. The van der Waals surface area contributed by atoms with Gasteiger partial charge in [-0.2, -0.15) is 5.10 Å². The van der Waals surface area contributed by atoms with Gasteiger partial charge in [-0.15, -0.1) is 0 Å². The van der Waals surface area contributed by atoms with Crippen molar-refractivity contribution in [1.29, 1.82) is 0 Å². The highest BCUT2D eigenvalue weighted by atomic mass is 16.4. The van der Waals surface area contributed by atoms with Crippen LogP contribution in [-0.2, 0) is 16.8 Å². The molecule has 0 saturated heterocycles. The Balaban J connectivity index is 1.64. The minimum Gasteiger partial charge on any atom is -0.481 e. The maximum absolute atomic E-state index is 10.7. The Labute approximate surface area is 112 Å². The minimum absolute atomic E-state index is 0.0701. The number of carbonyl (C=O) groups is 1. The SMILES string of the molecule is O=C(O)Cc1ncn(C23CC4CC(CC(C4)C2)C3)n1. The van der Waals surface area contributed by atoms with Crippen LogP contribution in [0.4, 0.5) is 0 Å². The Morgan fingerprint density at radius 1 is 1.26 bits per heavy atom. The molecule has 5 heteroatoms. The predicted octanol–water partition coefficient (Wildman–Crippen LogP) is 1.83. The van der Waals surface area contributed by atoms with Crippen LogP contribution in [0.5, 0.6) is 0 Å². The van der Waals surface area contributed by atoms with Crippen molar-refractivity contribution in [2.75, 3.05) is 0 Å². The van der Waals surface area contributed by atoms with Crippen molar-refractivity contribution < 1.29 is 9.90 Å². The van der Waals surface area contributed by atoms with Gasteiger partial charge in [-0.3, -0.25) is 4.79 Å². The number of nitrogens with zero attached hydrogens (tertiary/aromatic N) is 3. The molecule has 5 nitrogen and oxygen atoms in total. The summed E-state index contributed by atoms with van der Waals surface area (Å²) in [4.78, 5) is 14.9. The third-order valence-corrected chi connectivity index (χ3v) is 5.34. The van der Waals surface area contributed by atoms with Gasteiger partial charge in [-0.25, -0.2) is 9.67 Å². The largest absolute Gasteiger partial charge is 0.481 e. The molecular formula is C14H19N3O2. The molecule has 4 aliphatic carbocycles. The lowest BCUT2D eigenvalue weighted by Crippen LogP contribution is -2.52. The van der Waals surface area contributed by atoms with Crippen LogP contribution in [0.1, 0.15) is 44.3 Å². The first kappa shape index (κ1) is 11.4. The van der Waals surface area contributed by atoms with Gasteiger partial charge >= 0.3 is 5.97 Å². The third kappa shape index (κ3) is 1.78. The van der Waals surface area contributed by atoms with Gasteiger partial charge in [-0.05, 0) is 56.3 Å². The van der Waals surface area contributed by atoms with E-state index in [-0.39, 0.29) is 12.0 Å². The molecule has 4 saturated carbocycles. The Morgan fingerprint density at radius 2 is 1.84 bits per heavy atom. The zero-order chi connectivity index (χ0) is 13.0. The molecule has 0 spiro atoms. The second-order valence-electron chi connectivity index (χ2n) is 6.82. The molecule has 0 aromatic carbocycles. The van der Waals surface area contributed by atoms with Crippen LogP contribution in [0, 0.1) is 17.8 Å². The van der Waals surface area contributed by atoms with Gasteiger partial charge in [0.25, 0.3) is 0 Å². The fourth-order valence-electron chi connectivity index (χ4n) is 5.09. The lowest BCUT2D eigenvalue weighted by molar-refractivity contribution is -0.136. The molecule has 0 unspecified atom stereocenters. The number of aliphatic carboxylic acids is 1. The van der Waals surface area contributed by atoms with Crippen molar-refractivity contribution in [3.63, 3.8) is 0 Å². The van der Waals surface area contributed by atoms with E-state index in [9.17, 15) is 4.79 Å². The van der Waals surface area contributed by atoms with Crippen LogP contribution in [-0.4, -0.2) is 25.8 Å². The number of hydrogen-bond donors (Lipinski definition) is 1. The van der Waals surface area contributed by atoms with Gasteiger partial charge in [0.05, 0.1) is 5.54 Å². The number of hydrogen-bond acceptors (Lipinski definition) is 3. The summed E-state index contributed by atoms with van der Waals surface area (Å²) in [6, 6.07) is 0. The van der Waals surface area contributed by atoms with Crippen molar-refractivity contribution >= 4 is 5.97 Å². The predicted molar refractivity (Wildman–Crippen MR) is 67.5 cm³/mol. The van der Waals surface area contributed by atoms with E-state index in [1.54, 1.807) is 6.33 Å². The molecule has 4 bridgehead atoms. The quantitative estimate of drug-likeness (QED) is 0.901. The molecule has 1 aromatic rings. The molecule has 0 radical (unpaired) electrons. The summed E-state index contributed by atoms with van der Waals surface area (Å²) >= 11 is 0. The monoisotopic (exact) mass is 261 g/mol. The summed E-state index contributed by atoms with van der Waals surface area (Å²) < 4.78 is 2.01. The highest BCUT2D eigenvalue weighted by molar-refractivity contribution is 5.68. The van der Waals surface area contributed by atoms with E-state index in [4.69, 9.17) is 5.11 Å². The lowest BCUT2D eigenvalue weighted by atomic mass is 9.53. The second-order valence-corrected chi connectivity index (χ2v) is 6.82. The van der Waals surface area contributed by atoms with Crippen LogP contribution in [0.2, 0.25) is 0 Å². The first-order valence-electron chi connectivity index (χ1n) is 7.26. The number of carboxylic acids is 1. The molecule has 4 fully saturated rings. The van der Waals surface area contributed by atoms with E-state index >= 15 is 0 Å². The van der Waals surface area contributed by atoms with E-state index in [0.717, 1.165) is 17.8 Å². The highest BCUT2D eigenvalue weighted by Crippen LogP contribution is 2.58. The molecule has 1 aromatic heterocycles. The first-order chi connectivity index (χ1) is 9.13. The fourth-order valence-corrected chi connectivity index (χ4v) is 5.09. The molecule has 0 atom stereocenters. The molecule has 19 heavy (non-hydrogen) atoms. The third-order valence-electron chi connectivity index (χ3n) is 5.34. The maximum Gasteiger partial charge on any atom is 0.311 e. The Hall–Kier alpha value is -1.39. The zero-order valence-electron chi connectivity index (χ0n) is 11.0. The Morgan fingerprint density at radius 3 is 2.37 bits per heavy atom. The summed E-state index contributed by atoms with van der Waals surface area (Å²) in [6.07, 6.45) is 9.55. The molecule has 102 valence electrons. The van der Waals surface area contributed by atoms with Crippen molar-refractivity contribution in [2.45, 2.75) is 50.5 Å². The summed E-state index contributed by atoms with van der Waals surface area (Å²) in [5.41, 5.74) is 0.151. The summed E-state index contributed by atoms with van der Waals surface area (Å²) in [7, 11) is 0. The van der Waals surface area contributed by atoms with Crippen LogP contribution in [0.25, 0.3) is 0 Å². The number of carboxylic acid groups (broad SMARTS) is 1. The van der Waals surface area contributed by atoms with Gasteiger partial charge in [-0.1, -0.05) is 0 Å². The average Bonchev–Trinajstić information content (AvgIpc) is 2.75. The van der Waals surface area contributed by atoms with Gasteiger partial charge in [0.2, 0.25) is 0 Å². The van der Waals surface area contributed by atoms with E-state index in [1.807, 2.05) is 4.68 Å². The van der Waals surface area contributed by atoms with Gasteiger partial charge < -0.3 is 5.11 Å². The van der Waals surface area contributed by atoms with Crippen LogP contribution >= 0.6 is 0 Å². The summed E-state index contributed by atoms with van der Waals surface area (Å²) in [5, 5.41) is 13.3. The molecule has 1 N–H and O–H groups in total. The number of aromatic nitrogens is 3. The summed E-state index contributed by atoms with van der Waals surface area (Å²) in [6.45, 7) is 0. The van der Waals surface area contributed by atoms with Gasteiger partial charge in [0.1, 0.15) is 12.7 Å². The molecular weight excluding hydrogens is 242 g/mol. The zero-order valence-corrected chi connectivity index (χ0v) is 11.0. The second kappa shape index (κ2) is 3.81. The first-order valence-corrected chi connectivity index (χ1v) is 7.26. The van der Waals surface area contributed by atoms with Gasteiger partial charge in [0.15, 0.2) is 5.82 Å². The highest BCUT2D eigenvalue weighted by Gasteiger charge is 2.52. The maximum atomic E-state index is 10.7. The molecule has 4 aliphatic rings. The fraction of sp³-hybridized carbons (Fsp3) is 0.786. The molecule has 5 rings (SSSR count). The smallest absolute Gasteiger partial charge is 0.311 e. The van der Waals surface area contributed by atoms with Crippen LogP contribution < -0.4 is 0 Å². The molecule has 1 heterocycles. The topological polar surface area (TPSA) is 68.0 Å².